The molecule has 1 aliphatic rings. The van der Waals surface area contributed by atoms with Crippen LogP contribution in [0.15, 0.2) is 27.6 Å². The first-order valence-corrected chi connectivity index (χ1v) is 9.74. The Balaban J connectivity index is 2.39. The molecule has 2 rings (SSSR count). The molecule has 1 aromatic rings. The van der Waals surface area contributed by atoms with Gasteiger partial charge in [0.1, 0.15) is 0 Å². The number of hydrogen-bond acceptors (Lipinski definition) is 3. The minimum Gasteiger partial charge on any atom is -0.326 e. The molecule has 21 heavy (non-hydrogen) atoms. The predicted molar refractivity (Wildman–Crippen MR) is 88.5 cm³/mol. The van der Waals surface area contributed by atoms with E-state index in [1.54, 1.807) is 22.5 Å². The largest absolute Gasteiger partial charge is 0.326 e. The normalized spacial score (nSPS) is 21.2. The van der Waals surface area contributed by atoms with Crippen LogP contribution in [0.3, 0.4) is 0 Å². The number of sulfonamides is 1. The predicted octanol–water partition coefficient (Wildman–Crippen LogP) is 3.25. The summed E-state index contributed by atoms with van der Waals surface area (Å²) in [5.74, 6) is 0. The number of hydrogen-bond donors (Lipinski definition) is 1. The highest BCUT2D eigenvalue weighted by atomic mass is 79.9. The maximum Gasteiger partial charge on any atom is 0.244 e. The van der Waals surface area contributed by atoms with Crippen LogP contribution in [0.5, 0.6) is 0 Å². The molecule has 0 bridgehead atoms. The van der Waals surface area contributed by atoms with E-state index in [9.17, 15) is 8.42 Å². The third kappa shape index (κ3) is 3.67. The number of rotatable bonds is 4. The number of nitrogens with two attached hydrogens (primary N) is 1. The monoisotopic (exact) mass is 374 g/mol. The van der Waals surface area contributed by atoms with Crippen molar-refractivity contribution in [1.29, 1.82) is 0 Å². The lowest BCUT2D eigenvalue weighted by atomic mass is 10.1. The van der Waals surface area contributed by atoms with Crippen molar-refractivity contribution < 1.29 is 8.42 Å². The van der Waals surface area contributed by atoms with Crippen LogP contribution < -0.4 is 5.73 Å². The fraction of sp³-hybridized carbons (Fsp3) is 0.600. The van der Waals surface area contributed by atoms with E-state index in [0.29, 0.717) is 22.5 Å². The maximum atomic E-state index is 13.0. The lowest BCUT2D eigenvalue weighted by Crippen LogP contribution is -2.39. The molecule has 4 nitrogen and oxygen atoms in total. The first-order valence-electron chi connectivity index (χ1n) is 7.51. The quantitative estimate of drug-likeness (QED) is 0.879. The molecule has 1 unspecified atom stereocenters. The first kappa shape index (κ1) is 16.9. The molecule has 0 aromatic heterocycles. The second-order valence-electron chi connectivity index (χ2n) is 5.50. The highest BCUT2D eigenvalue weighted by Crippen LogP contribution is 2.30. The molecule has 1 saturated heterocycles. The van der Waals surface area contributed by atoms with Crippen molar-refractivity contribution in [2.45, 2.75) is 56.5 Å². The van der Waals surface area contributed by atoms with Gasteiger partial charge >= 0.3 is 0 Å². The summed E-state index contributed by atoms with van der Waals surface area (Å²) in [5, 5.41) is 0. The molecule has 2 N–H and O–H groups in total. The molecule has 0 radical (unpaired) electrons. The van der Waals surface area contributed by atoms with E-state index in [1.165, 1.54) is 0 Å². The number of halogens is 1. The van der Waals surface area contributed by atoms with E-state index in [2.05, 4.69) is 22.9 Å². The second kappa shape index (κ2) is 7.22. The van der Waals surface area contributed by atoms with Gasteiger partial charge in [-0.15, -0.1) is 0 Å². The van der Waals surface area contributed by atoms with Crippen molar-refractivity contribution in [2.75, 3.05) is 6.54 Å². The highest BCUT2D eigenvalue weighted by molar-refractivity contribution is 9.10. The zero-order valence-corrected chi connectivity index (χ0v) is 14.8. The Kier molecular flexibility index (Phi) is 5.82. The lowest BCUT2D eigenvalue weighted by molar-refractivity contribution is 0.315. The SMILES string of the molecule is CCC1CCCCCN1S(=O)(=O)c1ccc(CN)cc1Br. The van der Waals surface area contributed by atoms with Gasteiger partial charge in [-0.1, -0.05) is 25.8 Å². The number of benzene rings is 1. The van der Waals surface area contributed by atoms with Crippen LogP contribution in [0.4, 0.5) is 0 Å². The van der Waals surface area contributed by atoms with Crippen LogP contribution in [0.1, 0.15) is 44.6 Å². The molecule has 1 heterocycles. The van der Waals surface area contributed by atoms with E-state index < -0.39 is 10.0 Å². The summed E-state index contributed by atoms with van der Waals surface area (Å²) < 4.78 is 28.3. The van der Waals surface area contributed by atoms with Crippen molar-refractivity contribution in [2.24, 2.45) is 5.73 Å². The Morgan fingerprint density at radius 2 is 2.10 bits per heavy atom. The molecule has 1 fully saturated rings. The van der Waals surface area contributed by atoms with Gasteiger partial charge < -0.3 is 5.73 Å². The molecule has 6 heteroatoms. The van der Waals surface area contributed by atoms with Crippen LogP contribution in [0.2, 0.25) is 0 Å². The average molecular weight is 375 g/mol. The van der Waals surface area contributed by atoms with Gasteiger partial charge in [0.15, 0.2) is 0 Å². The lowest BCUT2D eigenvalue weighted by Gasteiger charge is -2.28. The summed E-state index contributed by atoms with van der Waals surface area (Å²) in [7, 11) is -3.46. The molecular formula is C15H23BrN2O2S. The molecule has 1 atom stereocenters. The van der Waals surface area contributed by atoms with Gasteiger partial charge in [0.05, 0.1) is 4.90 Å². The Bertz CT molecular complexity index is 589. The van der Waals surface area contributed by atoms with Gasteiger partial charge in [-0.3, -0.25) is 0 Å². The molecule has 0 spiro atoms. The summed E-state index contributed by atoms with van der Waals surface area (Å²) in [6.07, 6.45) is 4.97. The Morgan fingerprint density at radius 1 is 1.33 bits per heavy atom. The Morgan fingerprint density at radius 3 is 2.71 bits per heavy atom. The van der Waals surface area contributed by atoms with Crippen LogP contribution in [0.25, 0.3) is 0 Å². The van der Waals surface area contributed by atoms with Crippen LogP contribution in [-0.2, 0) is 16.6 Å². The molecule has 1 aromatic carbocycles. The van der Waals surface area contributed by atoms with Gasteiger partial charge in [0, 0.05) is 23.6 Å². The first-order chi connectivity index (χ1) is 10.0. The Hall–Kier alpha value is -0.430. The highest BCUT2D eigenvalue weighted by Gasteiger charge is 2.32. The molecule has 0 amide bonds. The number of nitrogens with zero attached hydrogens (tertiary/aromatic N) is 1. The molecular weight excluding hydrogens is 352 g/mol. The maximum absolute atomic E-state index is 13.0. The van der Waals surface area contributed by atoms with E-state index in [1.807, 2.05) is 0 Å². The smallest absolute Gasteiger partial charge is 0.244 e. The summed E-state index contributed by atoms with van der Waals surface area (Å²) in [5.41, 5.74) is 6.52. The van der Waals surface area contributed by atoms with Crippen LogP contribution in [0, 0.1) is 0 Å². The van der Waals surface area contributed by atoms with Gasteiger partial charge in [-0.25, -0.2) is 8.42 Å². The third-order valence-electron chi connectivity index (χ3n) is 4.11. The molecule has 0 aliphatic carbocycles. The fourth-order valence-electron chi connectivity index (χ4n) is 2.88. The summed E-state index contributed by atoms with van der Waals surface area (Å²) >= 11 is 3.39. The van der Waals surface area contributed by atoms with Crippen molar-refractivity contribution >= 4 is 26.0 Å². The van der Waals surface area contributed by atoms with Crippen LogP contribution in [-0.4, -0.2) is 25.3 Å². The zero-order valence-electron chi connectivity index (χ0n) is 12.4. The minimum atomic E-state index is -3.46. The van der Waals surface area contributed by atoms with Gasteiger partial charge in [0.2, 0.25) is 10.0 Å². The van der Waals surface area contributed by atoms with Crippen molar-refractivity contribution in [1.82, 2.24) is 4.31 Å². The molecule has 0 saturated carbocycles. The molecule has 118 valence electrons. The summed E-state index contributed by atoms with van der Waals surface area (Å²) in [6, 6.07) is 5.36. The van der Waals surface area contributed by atoms with E-state index in [0.717, 1.165) is 37.7 Å². The van der Waals surface area contributed by atoms with E-state index in [4.69, 9.17) is 5.73 Å². The van der Waals surface area contributed by atoms with Crippen molar-refractivity contribution in [3.63, 3.8) is 0 Å². The summed E-state index contributed by atoms with van der Waals surface area (Å²) in [6.45, 7) is 3.08. The van der Waals surface area contributed by atoms with Crippen molar-refractivity contribution in [3.05, 3.63) is 28.2 Å². The minimum absolute atomic E-state index is 0.110. The van der Waals surface area contributed by atoms with Crippen molar-refractivity contribution in [3.8, 4) is 0 Å². The summed E-state index contributed by atoms with van der Waals surface area (Å²) in [4.78, 5) is 0.347. The van der Waals surface area contributed by atoms with E-state index >= 15 is 0 Å². The Labute approximate surface area is 135 Å². The van der Waals surface area contributed by atoms with Gasteiger partial charge in [0.25, 0.3) is 0 Å². The van der Waals surface area contributed by atoms with Gasteiger partial charge in [-0.2, -0.15) is 4.31 Å². The standard InChI is InChI=1S/C15H23BrN2O2S/c1-2-13-6-4-3-5-9-18(13)21(19,20)15-8-7-12(11-17)10-14(15)16/h7-8,10,13H,2-6,9,11,17H2,1H3. The van der Waals surface area contributed by atoms with Crippen LogP contribution >= 0.6 is 15.9 Å². The van der Waals surface area contributed by atoms with Gasteiger partial charge in [-0.05, 0) is 52.9 Å². The third-order valence-corrected chi connectivity index (χ3v) is 7.04. The fourth-order valence-corrected chi connectivity index (χ4v) is 5.74. The van der Waals surface area contributed by atoms with E-state index in [-0.39, 0.29) is 6.04 Å². The average Bonchev–Trinajstić information content (AvgIpc) is 2.72. The zero-order chi connectivity index (χ0) is 15.5. The molecule has 1 aliphatic heterocycles. The second-order valence-corrected chi connectivity index (χ2v) is 8.21. The topological polar surface area (TPSA) is 63.4 Å².